The molecule has 32 heavy (non-hydrogen) atoms. The lowest BCUT2D eigenvalue weighted by atomic mass is 10.1. The normalized spacial score (nSPS) is 14.8. The Kier molecular flexibility index (Phi) is 7.77. The molecule has 0 heterocycles. The predicted molar refractivity (Wildman–Crippen MR) is 132 cm³/mol. The smallest absolute Gasteiger partial charge is 0.247 e. The van der Waals surface area contributed by atoms with Crippen molar-refractivity contribution >= 4 is 11.6 Å². The number of hydrogen-bond acceptors (Lipinski definition) is 4. The maximum atomic E-state index is 12.7. The summed E-state index contributed by atoms with van der Waals surface area (Å²) in [6.45, 7) is 5.86. The highest BCUT2D eigenvalue weighted by Gasteiger charge is 2.22. The van der Waals surface area contributed by atoms with Crippen LogP contribution in [0.1, 0.15) is 37.0 Å². The summed E-state index contributed by atoms with van der Waals surface area (Å²) < 4.78 is 5.54. The highest BCUT2D eigenvalue weighted by molar-refractivity contribution is 5.93. The number of amides is 1. The van der Waals surface area contributed by atoms with Crippen LogP contribution in [-0.2, 0) is 17.6 Å². The SMILES string of the molecule is CC/C=C(/C=C(N)\C=C(/C)C(=O)NC1Cc2ccccc2C1)Nc1cccc(C)c1OC. The van der Waals surface area contributed by atoms with Gasteiger partial charge in [-0.3, -0.25) is 4.79 Å². The third kappa shape index (κ3) is 5.82. The third-order valence-electron chi connectivity index (χ3n) is 5.57. The van der Waals surface area contributed by atoms with Gasteiger partial charge in [0.15, 0.2) is 0 Å². The van der Waals surface area contributed by atoms with Gasteiger partial charge >= 0.3 is 0 Å². The van der Waals surface area contributed by atoms with Crippen molar-refractivity contribution < 1.29 is 9.53 Å². The lowest BCUT2D eigenvalue weighted by molar-refractivity contribution is -0.118. The number of fused-ring (bicyclic) bond motifs is 1. The van der Waals surface area contributed by atoms with Crippen LogP contribution >= 0.6 is 0 Å². The Bertz CT molecular complexity index is 1040. The van der Waals surface area contributed by atoms with Gasteiger partial charge in [-0.05, 0) is 68.0 Å². The maximum Gasteiger partial charge on any atom is 0.247 e. The number of aryl methyl sites for hydroxylation is 1. The van der Waals surface area contributed by atoms with Crippen molar-refractivity contribution in [3.63, 3.8) is 0 Å². The van der Waals surface area contributed by atoms with E-state index in [4.69, 9.17) is 10.5 Å². The molecule has 0 unspecified atom stereocenters. The van der Waals surface area contributed by atoms with Crippen LogP contribution in [0.2, 0.25) is 0 Å². The Hall–Kier alpha value is -3.47. The number of para-hydroxylation sites is 1. The molecule has 168 valence electrons. The number of carbonyl (C=O) groups is 1. The number of allylic oxidation sites excluding steroid dienone is 3. The average Bonchev–Trinajstić information content (AvgIpc) is 3.16. The molecular formula is C27H33N3O2. The van der Waals surface area contributed by atoms with E-state index in [0.29, 0.717) is 11.3 Å². The molecule has 0 atom stereocenters. The molecular weight excluding hydrogens is 398 g/mol. The Labute approximate surface area is 191 Å². The topological polar surface area (TPSA) is 76.4 Å². The molecule has 5 heteroatoms. The van der Waals surface area contributed by atoms with E-state index in [1.807, 2.05) is 49.4 Å². The van der Waals surface area contributed by atoms with Crippen LogP contribution in [-0.4, -0.2) is 19.1 Å². The van der Waals surface area contributed by atoms with Crippen molar-refractivity contribution in [2.75, 3.05) is 12.4 Å². The predicted octanol–water partition coefficient (Wildman–Crippen LogP) is 4.78. The molecule has 0 spiro atoms. The van der Waals surface area contributed by atoms with Crippen molar-refractivity contribution in [3.8, 4) is 5.75 Å². The highest BCUT2D eigenvalue weighted by Crippen LogP contribution is 2.29. The van der Waals surface area contributed by atoms with E-state index in [1.54, 1.807) is 20.1 Å². The summed E-state index contributed by atoms with van der Waals surface area (Å²) >= 11 is 0. The number of nitrogens with one attached hydrogen (secondary N) is 2. The molecule has 1 aliphatic carbocycles. The highest BCUT2D eigenvalue weighted by atomic mass is 16.5. The average molecular weight is 432 g/mol. The first-order valence-corrected chi connectivity index (χ1v) is 11.0. The van der Waals surface area contributed by atoms with Gasteiger partial charge in [0.1, 0.15) is 5.75 Å². The Morgan fingerprint density at radius 3 is 2.44 bits per heavy atom. The van der Waals surface area contributed by atoms with Crippen molar-refractivity contribution in [3.05, 3.63) is 94.4 Å². The molecule has 0 radical (unpaired) electrons. The second kappa shape index (κ2) is 10.7. The maximum absolute atomic E-state index is 12.7. The summed E-state index contributed by atoms with van der Waals surface area (Å²) in [5, 5.41) is 6.53. The molecule has 0 aromatic heterocycles. The molecule has 1 aliphatic rings. The second-order valence-electron chi connectivity index (χ2n) is 8.17. The summed E-state index contributed by atoms with van der Waals surface area (Å²) in [5.74, 6) is 0.707. The lowest BCUT2D eigenvalue weighted by Crippen LogP contribution is -2.35. The fourth-order valence-corrected chi connectivity index (χ4v) is 4.04. The van der Waals surface area contributed by atoms with E-state index in [9.17, 15) is 4.79 Å². The standard InChI is InChI=1S/C27H33N3O2/c1-5-9-23(29-25-13-8-10-18(2)26(25)32-4)17-22(28)14-19(3)27(31)30-24-15-20-11-6-7-12-21(20)16-24/h6-14,17,24,29H,5,15-16,28H2,1-4H3,(H,30,31)/b19-14+,22-17+,23-9-. The number of benzene rings is 2. The van der Waals surface area contributed by atoms with Gasteiger partial charge in [-0.2, -0.15) is 0 Å². The van der Waals surface area contributed by atoms with Gasteiger partial charge in [0.25, 0.3) is 0 Å². The summed E-state index contributed by atoms with van der Waals surface area (Å²) in [6.07, 6.45) is 8.18. The molecule has 0 aliphatic heterocycles. The Morgan fingerprint density at radius 2 is 1.81 bits per heavy atom. The summed E-state index contributed by atoms with van der Waals surface area (Å²) in [5.41, 5.74) is 12.7. The summed E-state index contributed by atoms with van der Waals surface area (Å²) in [6, 6.07) is 14.4. The molecule has 5 nitrogen and oxygen atoms in total. The quantitative estimate of drug-likeness (QED) is 0.415. The third-order valence-corrected chi connectivity index (χ3v) is 5.57. The zero-order valence-corrected chi connectivity index (χ0v) is 19.4. The first-order valence-electron chi connectivity index (χ1n) is 11.0. The van der Waals surface area contributed by atoms with Crippen LogP contribution in [0.3, 0.4) is 0 Å². The number of hydrogen-bond donors (Lipinski definition) is 3. The van der Waals surface area contributed by atoms with Crippen LogP contribution in [0.25, 0.3) is 0 Å². The molecule has 2 aromatic rings. The summed E-state index contributed by atoms with van der Waals surface area (Å²) in [7, 11) is 1.66. The Balaban J connectivity index is 1.68. The van der Waals surface area contributed by atoms with E-state index < -0.39 is 0 Å². The molecule has 0 bridgehead atoms. The number of ether oxygens (including phenoxy) is 1. The lowest BCUT2D eigenvalue weighted by Gasteiger charge is -2.14. The number of nitrogens with two attached hydrogens (primary N) is 1. The van der Waals surface area contributed by atoms with Gasteiger partial charge in [0, 0.05) is 23.0 Å². The number of rotatable bonds is 8. The van der Waals surface area contributed by atoms with Gasteiger partial charge in [-0.15, -0.1) is 0 Å². The molecule has 3 rings (SSSR count). The molecule has 0 saturated heterocycles. The summed E-state index contributed by atoms with van der Waals surface area (Å²) in [4.78, 5) is 12.7. The first kappa shape index (κ1) is 23.2. The van der Waals surface area contributed by atoms with E-state index in [-0.39, 0.29) is 11.9 Å². The van der Waals surface area contributed by atoms with Crippen LogP contribution in [0, 0.1) is 6.92 Å². The van der Waals surface area contributed by atoms with Gasteiger partial charge < -0.3 is 21.1 Å². The molecule has 4 N–H and O–H groups in total. The van der Waals surface area contributed by atoms with Gasteiger partial charge in [0.05, 0.1) is 12.8 Å². The second-order valence-corrected chi connectivity index (χ2v) is 8.17. The fraction of sp³-hybridized carbons (Fsp3) is 0.296. The van der Waals surface area contributed by atoms with E-state index in [1.165, 1.54) is 11.1 Å². The zero-order valence-electron chi connectivity index (χ0n) is 19.4. The van der Waals surface area contributed by atoms with Crippen LogP contribution in [0.5, 0.6) is 5.75 Å². The largest absolute Gasteiger partial charge is 0.494 e. The zero-order chi connectivity index (χ0) is 23.1. The Morgan fingerprint density at radius 1 is 1.12 bits per heavy atom. The van der Waals surface area contributed by atoms with Crippen molar-refractivity contribution in [2.45, 2.75) is 46.1 Å². The van der Waals surface area contributed by atoms with E-state index in [2.05, 4.69) is 29.7 Å². The minimum absolute atomic E-state index is 0.0894. The molecule has 2 aromatic carbocycles. The van der Waals surface area contributed by atoms with Crippen LogP contribution in [0.15, 0.2) is 77.7 Å². The molecule has 0 saturated carbocycles. The number of anilines is 1. The van der Waals surface area contributed by atoms with Crippen LogP contribution < -0.4 is 21.1 Å². The van der Waals surface area contributed by atoms with E-state index >= 15 is 0 Å². The minimum Gasteiger partial charge on any atom is -0.494 e. The van der Waals surface area contributed by atoms with Crippen molar-refractivity contribution in [1.29, 1.82) is 0 Å². The van der Waals surface area contributed by atoms with Gasteiger partial charge in [0.2, 0.25) is 5.91 Å². The van der Waals surface area contributed by atoms with Crippen LogP contribution in [0.4, 0.5) is 5.69 Å². The van der Waals surface area contributed by atoms with E-state index in [0.717, 1.165) is 42.0 Å². The van der Waals surface area contributed by atoms with Gasteiger partial charge in [-0.25, -0.2) is 0 Å². The first-order chi connectivity index (χ1) is 15.4. The number of methoxy groups -OCH3 is 1. The van der Waals surface area contributed by atoms with Gasteiger partial charge in [-0.1, -0.05) is 49.4 Å². The minimum atomic E-state index is -0.0894. The monoisotopic (exact) mass is 431 g/mol. The number of carbonyl (C=O) groups excluding carboxylic acids is 1. The fourth-order valence-electron chi connectivity index (χ4n) is 4.04. The van der Waals surface area contributed by atoms with Crippen molar-refractivity contribution in [2.24, 2.45) is 5.73 Å². The van der Waals surface area contributed by atoms with Crippen molar-refractivity contribution in [1.82, 2.24) is 5.32 Å². The molecule has 1 amide bonds. The molecule has 0 fully saturated rings.